The molecule has 1 unspecified atom stereocenters. The summed E-state index contributed by atoms with van der Waals surface area (Å²) in [4.78, 5) is 7.21. The minimum absolute atomic E-state index is 0.261. The fourth-order valence-corrected chi connectivity index (χ4v) is 3.52. The molecule has 2 fully saturated rings. The highest BCUT2D eigenvalue weighted by molar-refractivity contribution is 5.79. The van der Waals surface area contributed by atoms with E-state index in [0.29, 0.717) is 6.54 Å². The van der Waals surface area contributed by atoms with E-state index in [0.717, 1.165) is 96.6 Å². The number of nitrogens with one attached hydrogen (secondary N) is 2. The number of aliphatic imine (C=N–C) groups is 1. The molecular formula is C19H35N7O2. The Morgan fingerprint density at radius 2 is 2.07 bits per heavy atom. The largest absolute Gasteiger partial charge is 0.379 e. The molecule has 0 saturated carbocycles. The van der Waals surface area contributed by atoms with Gasteiger partial charge in [0.2, 0.25) is 0 Å². The van der Waals surface area contributed by atoms with Crippen LogP contribution in [-0.4, -0.2) is 90.8 Å². The first-order chi connectivity index (χ1) is 13.8. The maximum atomic E-state index is 5.70. The lowest BCUT2D eigenvalue weighted by atomic mass is 10.2. The molecule has 2 saturated heterocycles. The number of aryl methyl sites for hydroxylation is 1. The summed E-state index contributed by atoms with van der Waals surface area (Å²) in [5.74, 6) is 1.88. The monoisotopic (exact) mass is 393 g/mol. The maximum absolute atomic E-state index is 5.70. The van der Waals surface area contributed by atoms with Crippen LogP contribution in [0.5, 0.6) is 0 Å². The first-order valence-electron chi connectivity index (χ1n) is 10.7. The van der Waals surface area contributed by atoms with Crippen molar-refractivity contribution in [3.63, 3.8) is 0 Å². The van der Waals surface area contributed by atoms with Crippen molar-refractivity contribution in [2.24, 2.45) is 4.99 Å². The molecule has 0 amide bonds. The molecular weight excluding hydrogens is 358 g/mol. The number of hydrogen-bond donors (Lipinski definition) is 2. The van der Waals surface area contributed by atoms with Gasteiger partial charge in [-0.05, 0) is 25.8 Å². The molecule has 2 aliphatic heterocycles. The Bertz CT molecular complexity index is 581. The van der Waals surface area contributed by atoms with Crippen LogP contribution >= 0.6 is 0 Å². The van der Waals surface area contributed by atoms with Gasteiger partial charge in [0.1, 0.15) is 12.2 Å². The molecule has 0 bridgehead atoms. The van der Waals surface area contributed by atoms with Crippen LogP contribution in [0.25, 0.3) is 0 Å². The Balaban J connectivity index is 1.41. The third-order valence-electron chi connectivity index (χ3n) is 5.18. The summed E-state index contributed by atoms with van der Waals surface area (Å²) >= 11 is 0. The van der Waals surface area contributed by atoms with E-state index in [4.69, 9.17) is 14.5 Å². The molecule has 0 aliphatic carbocycles. The SMILES string of the molecule is CCc1nncn1CCNC(=NCC1CCCO1)NCCCN1CCOCC1. The number of ether oxygens (including phenoxy) is 2. The van der Waals surface area contributed by atoms with E-state index in [2.05, 4.69) is 37.2 Å². The van der Waals surface area contributed by atoms with E-state index in [1.165, 1.54) is 0 Å². The lowest BCUT2D eigenvalue weighted by Crippen LogP contribution is -2.42. The first-order valence-corrected chi connectivity index (χ1v) is 10.7. The number of morpholine rings is 1. The zero-order valence-electron chi connectivity index (χ0n) is 17.1. The lowest BCUT2D eigenvalue weighted by Gasteiger charge is -2.26. The standard InChI is InChI=1S/C19H35N7O2/c1-2-18-24-23-16-26(18)9-7-21-19(22-15-17-5-3-12-28-17)20-6-4-8-25-10-13-27-14-11-25/h16-17H,2-15H2,1H3,(H2,20,21,22). The van der Waals surface area contributed by atoms with Crippen LogP contribution in [-0.2, 0) is 22.4 Å². The lowest BCUT2D eigenvalue weighted by molar-refractivity contribution is 0.0376. The van der Waals surface area contributed by atoms with Crippen LogP contribution < -0.4 is 10.6 Å². The molecule has 1 aromatic rings. The normalized spacial score (nSPS) is 21.2. The van der Waals surface area contributed by atoms with E-state index >= 15 is 0 Å². The van der Waals surface area contributed by atoms with Crippen molar-refractivity contribution in [1.29, 1.82) is 0 Å². The second-order valence-corrected chi connectivity index (χ2v) is 7.28. The average Bonchev–Trinajstić information content (AvgIpc) is 3.41. The molecule has 2 aliphatic rings. The molecule has 0 aromatic carbocycles. The fraction of sp³-hybridized carbons (Fsp3) is 0.842. The minimum atomic E-state index is 0.261. The third kappa shape index (κ3) is 7.03. The van der Waals surface area contributed by atoms with Crippen LogP contribution in [0, 0.1) is 0 Å². The van der Waals surface area contributed by atoms with Crippen molar-refractivity contribution >= 4 is 5.96 Å². The third-order valence-corrected chi connectivity index (χ3v) is 5.18. The van der Waals surface area contributed by atoms with Gasteiger partial charge in [-0.3, -0.25) is 9.89 Å². The number of guanidine groups is 1. The van der Waals surface area contributed by atoms with E-state index in [1.54, 1.807) is 6.33 Å². The van der Waals surface area contributed by atoms with Crippen molar-refractivity contribution in [2.75, 3.05) is 59.1 Å². The molecule has 3 rings (SSSR count). The summed E-state index contributed by atoms with van der Waals surface area (Å²) in [6, 6.07) is 0. The molecule has 1 aromatic heterocycles. The van der Waals surface area contributed by atoms with Gasteiger partial charge in [-0.2, -0.15) is 0 Å². The molecule has 1 atom stereocenters. The maximum Gasteiger partial charge on any atom is 0.191 e. The molecule has 9 heteroatoms. The van der Waals surface area contributed by atoms with Crippen molar-refractivity contribution in [3.8, 4) is 0 Å². The van der Waals surface area contributed by atoms with E-state index < -0.39 is 0 Å². The highest BCUT2D eigenvalue weighted by Gasteiger charge is 2.15. The van der Waals surface area contributed by atoms with Gasteiger partial charge in [0.25, 0.3) is 0 Å². The van der Waals surface area contributed by atoms with Crippen LogP contribution in [0.4, 0.5) is 0 Å². The summed E-state index contributed by atoms with van der Waals surface area (Å²) in [6.07, 6.45) is 6.28. The van der Waals surface area contributed by atoms with Gasteiger partial charge in [-0.25, -0.2) is 0 Å². The number of rotatable bonds is 10. The van der Waals surface area contributed by atoms with Gasteiger partial charge in [0, 0.05) is 45.8 Å². The molecule has 0 spiro atoms. The van der Waals surface area contributed by atoms with Crippen LogP contribution in [0.1, 0.15) is 32.0 Å². The quantitative estimate of drug-likeness (QED) is 0.335. The van der Waals surface area contributed by atoms with Gasteiger partial charge in [-0.15, -0.1) is 10.2 Å². The Labute approximate surface area is 167 Å². The number of hydrogen-bond acceptors (Lipinski definition) is 6. The van der Waals surface area contributed by atoms with Crippen LogP contribution in [0.2, 0.25) is 0 Å². The molecule has 0 radical (unpaired) electrons. The Morgan fingerprint density at radius 1 is 1.21 bits per heavy atom. The van der Waals surface area contributed by atoms with Crippen LogP contribution in [0.3, 0.4) is 0 Å². The smallest absolute Gasteiger partial charge is 0.191 e. The molecule has 28 heavy (non-hydrogen) atoms. The predicted octanol–water partition coefficient (Wildman–Crippen LogP) is 0.277. The number of aromatic nitrogens is 3. The molecule has 9 nitrogen and oxygen atoms in total. The highest BCUT2D eigenvalue weighted by atomic mass is 16.5. The number of nitrogens with zero attached hydrogens (tertiary/aromatic N) is 5. The zero-order valence-corrected chi connectivity index (χ0v) is 17.1. The summed E-state index contributed by atoms with van der Waals surface area (Å²) in [5.41, 5.74) is 0. The van der Waals surface area contributed by atoms with E-state index in [1.807, 2.05) is 0 Å². The van der Waals surface area contributed by atoms with E-state index in [9.17, 15) is 0 Å². The van der Waals surface area contributed by atoms with Crippen molar-refractivity contribution in [3.05, 3.63) is 12.2 Å². The fourth-order valence-electron chi connectivity index (χ4n) is 3.52. The Hall–Kier alpha value is -1.71. The Kier molecular flexibility index (Phi) is 8.99. The van der Waals surface area contributed by atoms with Gasteiger partial charge >= 0.3 is 0 Å². The minimum Gasteiger partial charge on any atom is -0.379 e. The van der Waals surface area contributed by atoms with Crippen molar-refractivity contribution < 1.29 is 9.47 Å². The summed E-state index contributed by atoms with van der Waals surface area (Å²) in [5, 5.41) is 15.1. The molecule has 3 heterocycles. The van der Waals surface area contributed by atoms with Crippen molar-refractivity contribution in [1.82, 2.24) is 30.3 Å². The molecule has 158 valence electrons. The average molecular weight is 394 g/mol. The summed E-state index contributed by atoms with van der Waals surface area (Å²) in [7, 11) is 0. The second kappa shape index (κ2) is 12.0. The summed E-state index contributed by atoms with van der Waals surface area (Å²) in [6.45, 7) is 11.1. The highest BCUT2D eigenvalue weighted by Crippen LogP contribution is 2.11. The zero-order chi connectivity index (χ0) is 19.4. The topological polar surface area (TPSA) is 88.8 Å². The van der Waals surface area contributed by atoms with Crippen LogP contribution in [0.15, 0.2) is 11.3 Å². The van der Waals surface area contributed by atoms with Gasteiger partial charge < -0.3 is 24.7 Å². The Morgan fingerprint density at radius 3 is 2.86 bits per heavy atom. The molecule has 2 N–H and O–H groups in total. The summed E-state index contributed by atoms with van der Waals surface area (Å²) < 4.78 is 13.2. The van der Waals surface area contributed by atoms with Gasteiger partial charge in [0.05, 0.1) is 25.9 Å². The predicted molar refractivity (Wildman–Crippen MR) is 109 cm³/mol. The first kappa shape index (κ1) is 21.0. The second-order valence-electron chi connectivity index (χ2n) is 7.28. The van der Waals surface area contributed by atoms with E-state index in [-0.39, 0.29) is 6.10 Å². The van der Waals surface area contributed by atoms with Crippen molar-refractivity contribution in [2.45, 2.75) is 45.3 Å². The van der Waals surface area contributed by atoms with Gasteiger partial charge in [-0.1, -0.05) is 6.92 Å². The van der Waals surface area contributed by atoms with Gasteiger partial charge in [0.15, 0.2) is 5.96 Å².